The summed E-state index contributed by atoms with van der Waals surface area (Å²) in [6, 6.07) is 10.9. The first-order chi connectivity index (χ1) is 23.8. The zero-order valence-corrected chi connectivity index (χ0v) is 31.6. The number of carbonyl (C=O) groups is 1. The second-order valence-corrected chi connectivity index (χ2v) is 15.6. The number of nitrogens with zero attached hydrogens (tertiary/aromatic N) is 4. The average Bonchev–Trinajstić information content (AvgIpc) is 3.85. The number of aromatic nitrogens is 1. The second-order valence-electron chi connectivity index (χ2n) is 15.6. The molecule has 2 aliphatic heterocycles. The molecule has 1 saturated carbocycles. The number of methoxy groups -OCH3 is 2. The van der Waals surface area contributed by atoms with Crippen LogP contribution < -0.4 is 15.0 Å². The van der Waals surface area contributed by atoms with Crippen molar-refractivity contribution in [3.05, 3.63) is 80.3 Å². The van der Waals surface area contributed by atoms with Crippen LogP contribution in [0.2, 0.25) is 0 Å². The number of ether oxygens (including phenoxy) is 3. The first-order valence-electron chi connectivity index (χ1n) is 18.3. The molecule has 1 amide bonds. The minimum absolute atomic E-state index is 0.0209. The summed E-state index contributed by atoms with van der Waals surface area (Å²) in [5.41, 5.74) is 8.53. The molecule has 9 heteroatoms. The predicted molar refractivity (Wildman–Crippen MR) is 198 cm³/mol. The quantitative estimate of drug-likeness (QED) is 0.237. The van der Waals surface area contributed by atoms with Crippen LogP contribution in [0.15, 0.2) is 41.3 Å². The molecule has 2 fully saturated rings. The molecule has 1 aromatic heterocycles. The Morgan fingerprint density at radius 1 is 0.980 bits per heavy atom. The number of hydrogen-bond acceptors (Lipinski definition) is 7. The Balaban J connectivity index is 1.20. The molecule has 1 aliphatic carbocycles. The molecule has 6 rings (SSSR count). The van der Waals surface area contributed by atoms with Gasteiger partial charge in [0, 0.05) is 69.2 Å². The zero-order chi connectivity index (χ0) is 36.0. The Bertz CT molecular complexity index is 1780. The highest BCUT2D eigenvalue weighted by atomic mass is 16.6. The lowest BCUT2D eigenvalue weighted by Crippen LogP contribution is -2.54. The Hall–Kier alpha value is -3.82. The normalized spacial score (nSPS) is 19.0. The first kappa shape index (κ1) is 36.0. The summed E-state index contributed by atoms with van der Waals surface area (Å²) < 4.78 is 19.5. The lowest BCUT2D eigenvalue weighted by Gasteiger charge is -2.43. The second kappa shape index (κ2) is 14.1. The van der Waals surface area contributed by atoms with Crippen LogP contribution in [-0.2, 0) is 31.3 Å². The summed E-state index contributed by atoms with van der Waals surface area (Å²) in [5.74, 6) is 1.60. The van der Waals surface area contributed by atoms with E-state index in [1.165, 1.54) is 29.5 Å². The van der Waals surface area contributed by atoms with Crippen molar-refractivity contribution in [3.63, 3.8) is 0 Å². The van der Waals surface area contributed by atoms with E-state index in [-0.39, 0.29) is 23.2 Å². The van der Waals surface area contributed by atoms with E-state index in [1.54, 1.807) is 25.8 Å². The molecular weight excluding hydrogens is 628 g/mol. The lowest BCUT2D eigenvalue weighted by molar-refractivity contribution is 0.0130. The van der Waals surface area contributed by atoms with Crippen molar-refractivity contribution in [3.8, 4) is 22.6 Å². The van der Waals surface area contributed by atoms with Crippen molar-refractivity contribution in [2.24, 2.45) is 7.05 Å². The van der Waals surface area contributed by atoms with Crippen LogP contribution in [0.4, 0.5) is 4.79 Å². The van der Waals surface area contributed by atoms with Gasteiger partial charge in [-0.2, -0.15) is 0 Å². The van der Waals surface area contributed by atoms with Crippen molar-refractivity contribution in [1.29, 1.82) is 0 Å². The van der Waals surface area contributed by atoms with E-state index >= 15 is 0 Å². The molecule has 0 bridgehead atoms. The molecule has 1 saturated heterocycles. The zero-order valence-electron chi connectivity index (χ0n) is 31.6. The SMILES string of the molecule is CCC[C@@H]1c2cccc(CN3CCN(Cc4c(OC)cc(-c5cn(C)c(=O)c(C)c5C)cc4OC)CC34CC4)c2CCN1C(=O)OC(C)(C)C. The van der Waals surface area contributed by atoms with Crippen LogP contribution in [0, 0.1) is 13.8 Å². The summed E-state index contributed by atoms with van der Waals surface area (Å²) in [6.07, 6.45) is 6.87. The Kier molecular flexibility index (Phi) is 10.1. The number of fused-ring (bicyclic) bond motifs is 1. The molecule has 0 N–H and O–H groups in total. The third-order valence-corrected chi connectivity index (χ3v) is 11.1. The van der Waals surface area contributed by atoms with Gasteiger partial charge in [0.2, 0.25) is 0 Å². The van der Waals surface area contributed by atoms with E-state index in [2.05, 4.69) is 47.1 Å². The van der Waals surface area contributed by atoms with Crippen LogP contribution in [0.3, 0.4) is 0 Å². The fourth-order valence-electron chi connectivity index (χ4n) is 8.19. The third kappa shape index (κ3) is 7.04. The van der Waals surface area contributed by atoms with Crippen molar-refractivity contribution in [1.82, 2.24) is 19.3 Å². The number of piperazine rings is 1. The highest BCUT2D eigenvalue weighted by Crippen LogP contribution is 2.47. The smallest absolute Gasteiger partial charge is 0.410 e. The van der Waals surface area contributed by atoms with Crippen molar-refractivity contribution < 1.29 is 19.0 Å². The van der Waals surface area contributed by atoms with E-state index in [0.717, 1.165) is 91.3 Å². The maximum Gasteiger partial charge on any atom is 0.410 e. The topological polar surface area (TPSA) is 76.5 Å². The van der Waals surface area contributed by atoms with E-state index in [4.69, 9.17) is 14.2 Å². The van der Waals surface area contributed by atoms with Gasteiger partial charge >= 0.3 is 6.09 Å². The average molecular weight is 685 g/mol. The van der Waals surface area contributed by atoms with Gasteiger partial charge in [0.05, 0.1) is 25.8 Å². The van der Waals surface area contributed by atoms with Gasteiger partial charge in [0.1, 0.15) is 17.1 Å². The number of benzene rings is 2. The summed E-state index contributed by atoms with van der Waals surface area (Å²) in [6.45, 7) is 17.2. The van der Waals surface area contributed by atoms with Crippen LogP contribution in [-0.4, -0.2) is 76.9 Å². The highest BCUT2D eigenvalue weighted by molar-refractivity contribution is 5.72. The lowest BCUT2D eigenvalue weighted by atomic mass is 9.87. The summed E-state index contributed by atoms with van der Waals surface area (Å²) in [4.78, 5) is 33.0. The van der Waals surface area contributed by atoms with Gasteiger partial charge in [-0.3, -0.25) is 14.6 Å². The molecule has 270 valence electrons. The number of hydrogen-bond donors (Lipinski definition) is 0. The highest BCUT2D eigenvalue weighted by Gasteiger charge is 2.51. The van der Waals surface area contributed by atoms with Gasteiger partial charge in [0.25, 0.3) is 5.56 Å². The molecule has 1 spiro atoms. The molecule has 0 radical (unpaired) electrons. The molecule has 50 heavy (non-hydrogen) atoms. The van der Waals surface area contributed by atoms with Gasteiger partial charge in [-0.1, -0.05) is 31.5 Å². The Labute approximate surface area is 298 Å². The molecule has 1 atom stereocenters. The van der Waals surface area contributed by atoms with Gasteiger partial charge < -0.3 is 23.7 Å². The summed E-state index contributed by atoms with van der Waals surface area (Å²) >= 11 is 0. The van der Waals surface area contributed by atoms with Gasteiger partial charge in [0.15, 0.2) is 0 Å². The van der Waals surface area contributed by atoms with Crippen LogP contribution in [0.1, 0.15) is 92.8 Å². The maximum atomic E-state index is 13.2. The number of amides is 1. The van der Waals surface area contributed by atoms with E-state index in [1.807, 2.05) is 45.7 Å². The van der Waals surface area contributed by atoms with Crippen molar-refractivity contribution >= 4 is 6.09 Å². The van der Waals surface area contributed by atoms with Crippen LogP contribution >= 0.6 is 0 Å². The summed E-state index contributed by atoms with van der Waals surface area (Å²) in [5, 5.41) is 0. The fourth-order valence-corrected chi connectivity index (χ4v) is 8.19. The van der Waals surface area contributed by atoms with E-state index in [0.29, 0.717) is 6.54 Å². The molecule has 3 heterocycles. The third-order valence-electron chi connectivity index (χ3n) is 11.1. The number of carbonyl (C=O) groups excluding carboxylic acids is 1. The summed E-state index contributed by atoms with van der Waals surface area (Å²) in [7, 11) is 5.24. The number of aryl methyl sites for hydroxylation is 1. The van der Waals surface area contributed by atoms with E-state index in [9.17, 15) is 9.59 Å². The number of rotatable bonds is 9. The fraction of sp³-hybridized carbons (Fsp3) is 0.561. The van der Waals surface area contributed by atoms with Gasteiger partial charge in [-0.25, -0.2) is 4.79 Å². The van der Waals surface area contributed by atoms with Crippen LogP contribution in [0.25, 0.3) is 11.1 Å². The van der Waals surface area contributed by atoms with Crippen LogP contribution in [0.5, 0.6) is 11.5 Å². The Morgan fingerprint density at radius 3 is 2.30 bits per heavy atom. The molecule has 2 aromatic carbocycles. The molecule has 9 nitrogen and oxygen atoms in total. The number of pyridine rings is 1. The maximum absolute atomic E-state index is 13.2. The van der Waals surface area contributed by atoms with E-state index < -0.39 is 5.60 Å². The van der Waals surface area contributed by atoms with Crippen molar-refractivity contribution in [2.75, 3.05) is 40.4 Å². The predicted octanol–water partition coefficient (Wildman–Crippen LogP) is 7.17. The molecular formula is C41H56N4O5. The van der Waals surface area contributed by atoms with Crippen molar-refractivity contribution in [2.45, 2.75) is 104 Å². The minimum Gasteiger partial charge on any atom is -0.496 e. The standard InChI is InChI=1S/C41H56N4O5/c1-10-12-35-32-14-11-13-29(31(32)15-18-45(35)39(47)50-40(4,5)6)23-44-20-19-43(26-41(44)16-17-41)25-34-36(48-8)21-30(22-37(34)49-9)33-24-42(7)38(46)28(3)27(33)2/h11,13-14,21-22,24,35H,10,12,15-20,23,25-26H2,1-9H3/t35-/m1/s1. The molecule has 0 unspecified atom stereocenters. The monoisotopic (exact) mass is 684 g/mol. The Morgan fingerprint density at radius 2 is 1.68 bits per heavy atom. The largest absolute Gasteiger partial charge is 0.496 e. The van der Waals surface area contributed by atoms with Gasteiger partial charge in [-0.05, 0) is 100 Å². The van der Waals surface area contributed by atoms with Gasteiger partial charge in [-0.15, -0.1) is 0 Å². The first-order valence-corrected chi connectivity index (χ1v) is 18.3. The minimum atomic E-state index is -0.515. The molecule has 3 aromatic rings. The molecule has 3 aliphatic rings.